The van der Waals surface area contributed by atoms with Crippen LogP contribution < -0.4 is 0 Å². The van der Waals surface area contributed by atoms with Crippen molar-refractivity contribution < 1.29 is 9.53 Å². The Hall–Kier alpha value is -1.56. The van der Waals surface area contributed by atoms with Gasteiger partial charge in [-0.05, 0) is 45.4 Å². The zero-order chi connectivity index (χ0) is 15.9. The Balaban J connectivity index is 1.72. The van der Waals surface area contributed by atoms with E-state index in [4.69, 9.17) is 4.74 Å². The average molecular weight is 366 g/mol. The SMILES string of the molecule is CC(C)(C)OC(=O)N1CCC(c2nc3ccc(Br)cc3[nH]2)C1. The second kappa shape index (κ2) is 5.57. The van der Waals surface area contributed by atoms with E-state index >= 15 is 0 Å². The van der Waals surface area contributed by atoms with Gasteiger partial charge in [-0.3, -0.25) is 0 Å². The monoisotopic (exact) mass is 365 g/mol. The summed E-state index contributed by atoms with van der Waals surface area (Å²) >= 11 is 3.46. The van der Waals surface area contributed by atoms with E-state index in [9.17, 15) is 4.79 Å². The molecule has 1 fully saturated rings. The number of rotatable bonds is 1. The average Bonchev–Trinajstić information content (AvgIpc) is 3.02. The second-order valence-electron chi connectivity index (χ2n) is 6.70. The molecule has 0 bridgehead atoms. The zero-order valence-corrected chi connectivity index (χ0v) is 14.6. The fraction of sp³-hybridized carbons (Fsp3) is 0.500. The number of hydrogen-bond donors (Lipinski definition) is 1. The van der Waals surface area contributed by atoms with Crippen LogP contribution in [0.2, 0.25) is 0 Å². The Labute approximate surface area is 138 Å². The van der Waals surface area contributed by atoms with E-state index in [1.165, 1.54) is 0 Å². The molecule has 2 aromatic rings. The van der Waals surface area contributed by atoms with Crippen molar-refractivity contribution in [3.8, 4) is 0 Å². The Morgan fingerprint density at radius 3 is 2.95 bits per heavy atom. The summed E-state index contributed by atoms with van der Waals surface area (Å²) in [5.41, 5.74) is 1.51. The number of H-pyrrole nitrogens is 1. The third-order valence-electron chi connectivity index (χ3n) is 3.69. The van der Waals surface area contributed by atoms with Gasteiger partial charge < -0.3 is 14.6 Å². The van der Waals surface area contributed by atoms with Gasteiger partial charge in [0.2, 0.25) is 0 Å². The molecule has 1 aromatic heterocycles. The van der Waals surface area contributed by atoms with Gasteiger partial charge in [-0.15, -0.1) is 0 Å². The molecule has 1 unspecified atom stereocenters. The summed E-state index contributed by atoms with van der Waals surface area (Å²) in [4.78, 5) is 21.9. The smallest absolute Gasteiger partial charge is 0.410 e. The number of hydrogen-bond acceptors (Lipinski definition) is 3. The van der Waals surface area contributed by atoms with Crippen molar-refractivity contribution in [3.63, 3.8) is 0 Å². The van der Waals surface area contributed by atoms with Gasteiger partial charge in [0.15, 0.2) is 0 Å². The first-order valence-electron chi connectivity index (χ1n) is 7.45. The standard InChI is InChI=1S/C16H20BrN3O2/c1-16(2,3)22-15(21)20-7-6-10(9-20)14-18-12-5-4-11(17)8-13(12)19-14/h4-5,8,10H,6-7,9H2,1-3H3,(H,18,19). The highest BCUT2D eigenvalue weighted by Gasteiger charge is 2.32. The molecule has 22 heavy (non-hydrogen) atoms. The van der Waals surface area contributed by atoms with E-state index in [-0.39, 0.29) is 12.0 Å². The number of carbonyl (C=O) groups excluding carboxylic acids is 1. The van der Waals surface area contributed by atoms with E-state index in [1.807, 2.05) is 39.0 Å². The Morgan fingerprint density at radius 1 is 1.45 bits per heavy atom. The minimum atomic E-state index is -0.458. The van der Waals surface area contributed by atoms with Gasteiger partial charge in [-0.2, -0.15) is 0 Å². The topological polar surface area (TPSA) is 58.2 Å². The fourth-order valence-corrected chi connectivity index (χ4v) is 3.03. The molecule has 6 heteroatoms. The Morgan fingerprint density at radius 2 is 2.23 bits per heavy atom. The van der Waals surface area contributed by atoms with Crippen LogP contribution in [0, 0.1) is 0 Å². The van der Waals surface area contributed by atoms with Crippen LogP contribution in [0.25, 0.3) is 11.0 Å². The van der Waals surface area contributed by atoms with Gasteiger partial charge in [0.05, 0.1) is 11.0 Å². The molecule has 1 saturated heterocycles. The Kier molecular flexibility index (Phi) is 3.89. The lowest BCUT2D eigenvalue weighted by Gasteiger charge is -2.24. The molecule has 2 heterocycles. The normalized spacial score (nSPS) is 18.9. The molecule has 1 aromatic carbocycles. The highest BCUT2D eigenvalue weighted by atomic mass is 79.9. The van der Waals surface area contributed by atoms with Crippen LogP contribution in [0.4, 0.5) is 4.79 Å². The first-order valence-corrected chi connectivity index (χ1v) is 8.24. The number of nitrogens with zero attached hydrogens (tertiary/aromatic N) is 2. The highest BCUT2D eigenvalue weighted by Crippen LogP contribution is 2.28. The van der Waals surface area contributed by atoms with Gasteiger partial charge >= 0.3 is 6.09 Å². The minimum Gasteiger partial charge on any atom is -0.444 e. The van der Waals surface area contributed by atoms with Crippen molar-refractivity contribution >= 4 is 33.1 Å². The molecule has 0 radical (unpaired) electrons. The van der Waals surface area contributed by atoms with E-state index in [1.54, 1.807) is 4.90 Å². The van der Waals surface area contributed by atoms with Crippen molar-refractivity contribution in [1.82, 2.24) is 14.9 Å². The van der Waals surface area contributed by atoms with Gasteiger partial charge in [-0.25, -0.2) is 9.78 Å². The molecule has 0 spiro atoms. The molecular formula is C16H20BrN3O2. The zero-order valence-electron chi connectivity index (χ0n) is 13.0. The van der Waals surface area contributed by atoms with E-state index < -0.39 is 5.60 Å². The maximum Gasteiger partial charge on any atom is 0.410 e. The molecule has 3 rings (SSSR count). The Bertz CT molecular complexity index is 705. The number of likely N-dealkylation sites (tertiary alicyclic amines) is 1. The molecule has 5 nitrogen and oxygen atoms in total. The lowest BCUT2D eigenvalue weighted by Crippen LogP contribution is -2.35. The lowest BCUT2D eigenvalue weighted by molar-refractivity contribution is 0.0292. The van der Waals surface area contributed by atoms with Crippen LogP contribution in [0.1, 0.15) is 38.9 Å². The quantitative estimate of drug-likeness (QED) is 0.828. The molecule has 1 aliphatic heterocycles. The number of ether oxygens (including phenoxy) is 1. The molecule has 1 aliphatic rings. The number of benzene rings is 1. The van der Waals surface area contributed by atoms with Gasteiger partial charge in [0.1, 0.15) is 11.4 Å². The summed E-state index contributed by atoms with van der Waals surface area (Å²) in [6, 6.07) is 5.99. The number of nitrogens with one attached hydrogen (secondary N) is 1. The lowest BCUT2D eigenvalue weighted by atomic mass is 10.1. The van der Waals surface area contributed by atoms with Gasteiger partial charge in [-0.1, -0.05) is 15.9 Å². The predicted molar refractivity (Wildman–Crippen MR) is 89.0 cm³/mol. The number of halogens is 1. The number of amides is 1. The summed E-state index contributed by atoms with van der Waals surface area (Å²) in [6.45, 7) is 7.01. The summed E-state index contributed by atoms with van der Waals surface area (Å²) in [5.74, 6) is 1.18. The fourth-order valence-electron chi connectivity index (χ4n) is 2.67. The summed E-state index contributed by atoms with van der Waals surface area (Å²) in [5, 5.41) is 0. The number of aromatic amines is 1. The van der Waals surface area contributed by atoms with Crippen LogP contribution >= 0.6 is 15.9 Å². The van der Waals surface area contributed by atoms with Crippen molar-refractivity contribution in [2.45, 2.75) is 38.7 Å². The molecule has 1 N–H and O–H groups in total. The predicted octanol–water partition coefficient (Wildman–Crippen LogP) is 4.05. The molecule has 1 atom stereocenters. The maximum absolute atomic E-state index is 12.1. The minimum absolute atomic E-state index is 0.235. The molecule has 0 aliphatic carbocycles. The molecule has 0 saturated carbocycles. The highest BCUT2D eigenvalue weighted by molar-refractivity contribution is 9.10. The summed E-state index contributed by atoms with van der Waals surface area (Å²) < 4.78 is 6.46. The van der Waals surface area contributed by atoms with E-state index in [2.05, 4.69) is 25.9 Å². The molecular weight excluding hydrogens is 346 g/mol. The van der Waals surface area contributed by atoms with Crippen molar-refractivity contribution in [2.24, 2.45) is 0 Å². The van der Waals surface area contributed by atoms with E-state index in [0.29, 0.717) is 13.1 Å². The van der Waals surface area contributed by atoms with Crippen LogP contribution in [0.3, 0.4) is 0 Å². The van der Waals surface area contributed by atoms with Gasteiger partial charge in [0.25, 0.3) is 0 Å². The second-order valence-corrected chi connectivity index (χ2v) is 7.61. The van der Waals surface area contributed by atoms with Crippen LogP contribution in [-0.4, -0.2) is 39.7 Å². The third kappa shape index (κ3) is 3.27. The van der Waals surface area contributed by atoms with Crippen molar-refractivity contribution in [3.05, 3.63) is 28.5 Å². The molecule has 1 amide bonds. The maximum atomic E-state index is 12.1. The van der Waals surface area contributed by atoms with Crippen LogP contribution in [0.5, 0.6) is 0 Å². The van der Waals surface area contributed by atoms with E-state index in [0.717, 1.165) is 27.8 Å². The number of carbonyl (C=O) groups is 1. The first-order chi connectivity index (χ1) is 10.3. The van der Waals surface area contributed by atoms with Crippen LogP contribution in [-0.2, 0) is 4.74 Å². The van der Waals surface area contributed by atoms with Crippen molar-refractivity contribution in [2.75, 3.05) is 13.1 Å². The third-order valence-corrected chi connectivity index (χ3v) is 4.18. The molecule has 118 valence electrons. The largest absolute Gasteiger partial charge is 0.444 e. The number of fused-ring (bicyclic) bond motifs is 1. The summed E-state index contributed by atoms with van der Waals surface area (Å²) in [6.07, 6.45) is 0.661. The van der Waals surface area contributed by atoms with Gasteiger partial charge in [0, 0.05) is 23.5 Å². The summed E-state index contributed by atoms with van der Waals surface area (Å²) in [7, 11) is 0. The van der Waals surface area contributed by atoms with Crippen molar-refractivity contribution in [1.29, 1.82) is 0 Å². The first kappa shape index (κ1) is 15.3. The number of imidazole rings is 1. The van der Waals surface area contributed by atoms with Crippen LogP contribution in [0.15, 0.2) is 22.7 Å². The number of aromatic nitrogens is 2.